The Balaban J connectivity index is 0.00000385. The molecule has 3 aromatic carbocycles. The van der Waals surface area contributed by atoms with Crippen LogP contribution in [0, 0.1) is 5.82 Å². The molecule has 0 spiro atoms. The van der Waals surface area contributed by atoms with Crippen LogP contribution < -0.4 is 44.1 Å². The molecule has 3 aromatic rings. The van der Waals surface area contributed by atoms with Gasteiger partial charge in [-0.2, -0.15) is 0 Å². The van der Waals surface area contributed by atoms with Crippen LogP contribution in [0.25, 0.3) is 0 Å². The van der Waals surface area contributed by atoms with Gasteiger partial charge in [0, 0.05) is 19.4 Å². The molecule has 0 aliphatic heterocycles. The van der Waals surface area contributed by atoms with Gasteiger partial charge in [0.2, 0.25) is 0 Å². The van der Waals surface area contributed by atoms with Gasteiger partial charge in [0.05, 0.1) is 12.6 Å². The number of ether oxygens (including phenoxy) is 3. The molecule has 168 valence electrons. The van der Waals surface area contributed by atoms with Crippen LogP contribution >= 0.6 is 0 Å². The Labute approximate surface area is 215 Å². The summed E-state index contributed by atoms with van der Waals surface area (Å²) in [5, 5.41) is 11.1. The molecule has 0 bridgehead atoms. The number of benzene rings is 3. The predicted octanol–water partition coefficient (Wildman–Crippen LogP) is 0.728. The van der Waals surface area contributed by atoms with Crippen molar-refractivity contribution in [2.24, 2.45) is 0 Å². The fourth-order valence-corrected chi connectivity index (χ4v) is 3.18. The minimum Gasteiger partial charge on any atom is -0.547 e. The number of halogens is 1. The molecule has 0 aliphatic carbocycles. The van der Waals surface area contributed by atoms with Gasteiger partial charge >= 0.3 is 29.6 Å². The third kappa shape index (κ3) is 9.18. The van der Waals surface area contributed by atoms with E-state index in [9.17, 15) is 14.3 Å². The summed E-state index contributed by atoms with van der Waals surface area (Å²) < 4.78 is 29.9. The van der Waals surface area contributed by atoms with Crippen molar-refractivity contribution in [2.45, 2.75) is 32.5 Å². The van der Waals surface area contributed by atoms with Gasteiger partial charge < -0.3 is 24.1 Å². The van der Waals surface area contributed by atoms with E-state index in [1.807, 2.05) is 54.6 Å². The van der Waals surface area contributed by atoms with E-state index in [1.165, 1.54) is 12.1 Å². The first-order valence-corrected chi connectivity index (χ1v) is 10.5. The van der Waals surface area contributed by atoms with Crippen LogP contribution in [0.5, 0.6) is 11.5 Å². The van der Waals surface area contributed by atoms with Crippen molar-refractivity contribution in [3.63, 3.8) is 0 Å². The van der Waals surface area contributed by atoms with Crippen LogP contribution in [0.4, 0.5) is 4.39 Å². The summed E-state index contributed by atoms with van der Waals surface area (Å²) in [6.07, 6.45) is 0.0280. The topological polar surface area (TPSA) is 67.8 Å². The average Bonchev–Trinajstić information content (AvgIpc) is 2.79. The zero-order valence-corrected chi connectivity index (χ0v) is 21.0. The van der Waals surface area contributed by atoms with E-state index in [2.05, 4.69) is 0 Å². The molecule has 33 heavy (non-hydrogen) atoms. The molecule has 0 unspecified atom stereocenters. The number of carboxylic acids is 1. The van der Waals surface area contributed by atoms with Crippen LogP contribution in [0.15, 0.2) is 72.8 Å². The smallest absolute Gasteiger partial charge is 0.547 e. The number of hydrogen-bond acceptors (Lipinski definition) is 5. The average molecular weight is 460 g/mol. The third-order valence-electron chi connectivity index (χ3n) is 4.85. The quantitative estimate of drug-likeness (QED) is 0.373. The standard InChI is InChI=1S/C26H27FO5.Na/c1-2-30-25(26(28)29)17-20-8-12-23(13-9-20)31-15-14-19-6-10-24(11-7-19)32-18-21-4-3-5-22(27)16-21;/h3-13,16,25H,2,14-15,17-18H2,1H3,(H,28,29);/q;+1/p-1/t25-;/m1./s1. The van der Waals surface area contributed by atoms with Gasteiger partial charge in [-0.05, 0) is 60.0 Å². The molecule has 5 nitrogen and oxygen atoms in total. The monoisotopic (exact) mass is 460 g/mol. The fraction of sp³-hybridized carbons (Fsp3) is 0.269. The Kier molecular flexibility index (Phi) is 11.4. The number of hydrogen-bond donors (Lipinski definition) is 0. The third-order valence-corrected chi connectivity index (χ3v) is 4.85. The zero-order valence-electron chi connectivity index (χ0n) is 19.0. The predicted molar refractivity (Wildman–Crippen MR) is 117 cm³/mol. The molecule has 0 radical (unpaired) electrons. The maximum Gasteiger partial charge on any atom is 1.00 e. The molecule has 0 heterocycles. The van der Waals surface area contributed by atoms with Gasteiger partial charge in [0.25, 0.3) is 0 Å². The second-order valence-corrected chi connectivity index (χ2v) is 7.27. The molecular weight excluding hydrogens is 434 g/mol. The van der Waals surface area contributed by atoms with Gasteiger partial charge in [0.15, 0.2) is 0 Å². The van der Waals surface area contributed by atoms with Gasteiger partial charge in [-0.1, -0.05) is 36.4 Å². The van der Waals surface area contributed by atoms with Crippen molar-refractivity contribution in [1.29, 1.82) is 0 Å². The molecule has 1 atom stereocenters. The van der Waals surface area contributed by atoms with Crippen molar-refractivity contribution < 1.29 is 58.1 Å². The Morgan fingerprint density at radius 2 is 1.55 bits per heavy atom. The van der Waals surface area contributed by atoms with E-state index in [1.54, 1.807) is 13.0 Å². The number of carbonyl (C=O) groups excluding carboxylic acids is 1. The SMILES string of the molecule is CCO[C@H](Cc1ccc(OCCc2ccc(OCc3cccc(F)c3)cc2)cc1)C(=O)[O-].[Na+]. The first-order valence-electron chi connectivity index (χ1n) is 10.5. The summed E-state index contributed by atoms with van der Waals surface area (Å²) in [4.78, 5) is 11.1. The van der Waals surface area contributed by atoms with Crippen molar-refractivity contribution in [3.05, 3.63) is 95.3 Å². The fourth-order valence-electron chi connectivity index (χ4n) is 3.18. The van der Waals surface area contributed by atoms with Crippen LogP contribution in [0.3, 0.4) is 0 Å². The molecule has 0 fully saturated rings. The summed E-state index contributed by atoms with van der Waals surface area (Å²) in [7, 11) is 0. The van der Waals surface area contributed by atoms with Crippen molar-refractivity contribution in [3.8, 4) is 11.5 Å². The van der Waals surface area contributed by atoms with Crippen LogP contribution in [-0.4, -0.2) is 25.3 Å². The Morgan fingerprint density at radius 1 is 0.909 bits per heavy atom. The normalized spacial score (nSPS) is 11.3. The summed E-state index contributed by atoms with van der Waals surface area (Å²) in [5.74, 6) is -0.0532. The summed E-state index contributed by atoms with van der Waals surface area (Å²) in [6, 6.07) is 21.4. The molecular formula is C26H26FNaO5. The Hall–Kier alpha value is -2.38. The molecule has 0 saturated carbocycles. The molecule has 7 heteroatoms. The van der Waals surface area contributed by atoms with E-state index in [0.717, 1.165) is 28.9 Å². The van der Waals surface area contributed by atoms with Crippen LogP contribution in [0.1, 0.15) is 23.6 Å². The first-order chi connectivity index (χ1) is 15.5. The molecule has 0 amide bonds. The van der Waals surface area contributed by atoms with Crippen LogP contribution in [0.2, 0.25) is 0 Å². The van der Waals surface area contributed by atoms with Crippen molar-refractivity contribution in [1.82, 2.24) is 0 Å². The number of aliphatic carboxylic acids is 1. The maximum atomic E-state index is 13.2. The van der Waals surface area contributed by atoms with E-state index >= 15 is 0 Å². The number of carbonyl (C=O) groups is 1. The molecule has 0 aliphatic rings. The van der Waals surface area contributed by atoms with E-state index < -0.39 is 12.1 Å². The summed E-state index contributed by atoms with van der Waals surface area (Å²) in [5.41, 5.74) is 2.73. The van der Waals surface area contributed by atoms with Gasteiger partial charge in [0.1, 0.15) is 30.0 Å². The zero-order chi connectivity index (χ0) is 22.8. The Morgan fingerprint density at radius 3 is 2.15 bits per heavy atom. The summed E-state index contributed by atoms with van der Waals surface area (Å²) >= 11 is 0. The second kappa shape index (κ2) is 14.0. The van der Waals surface area contributed by atoms with Crippen LogP contribution in [-0.2, 0) is 29.0 Å². The van der Waals surface area contributed by atoms with Gasteiger partial charge in [-0.25, -0.2) is 4.39 Å². The largest absolute Gasteiger partial charge is 1.00 e. The Bertz CT molecular complexity index is 992. The molecule has 3 rings (SSSR count). The van der Waals surface area contributed by atoms with E-state index in [0.29, 0.717) is 25.6 Å². The number of carboxylic acid groups (broad SMARTS) is 1. The van der Waals surface area contributed by atoms with E-state index in [-0.39, 0.29) is 41.8 Å². The molecule has 0 saturated heterocycles. The summed E-state index contributed by atoms with van der Waals surface area (Å²) in [6.45, 7) is 2.88. The molecule has 0 aromatic heterocycles. The van der Waals surface area contributed by atoms with Crippen molar-refractivity contribution in [2.75, 3.05) is 13.2 Å². The van der Waals surface area contributed by atoms with Gasteiger partial charge in [-0.3, -0.25) is 0 Å². The first kappa shape index (κ1) is 26.9. The minimum absolute atomic E-state index is 0. The van der Waals surface area contributed by atoms with E-state index in [4.69, 9.17) is 14.2 Å². The maximum absolute atomic E-state index is 13.2. The second-order valence-electron chi connectivity index (χ2n) is 7.27. The molecule has 0 N–H and O–H groups in total. The number of rotatable bonds is 12. The van der Waals surface area contributed by atoms with Gasteiger partial charge in [-0.15, -0.1) is 0 Å². The van der Waals surface area contributed by atoms with Crippen molar-refractivity contribution >= 4 is 5.97 Å². The minimum atomic E-state index is -1.21.